The third kappa shape index (κ3) is 6.03. The van der Waals surface area contributed by atoms with E-state index in [1.165, 1.54) is 4.90 Å². The fourth-order valence-corrected chi connectivity index (χ4v) is 3.63. The number of hydrogen-bond donors (Lipinski definition) is 1. The normalized spacial score (nSPS) is 14.2. The van der Waals surface area contributed by atoms with Crippen LogP contribution in [-0.4, -0.2) is 22.2 Å². The SMILES string of the molecule is C[C@H](S[C@@H](C)CCSc1ccccc1)C(N)=O. The Morgan fingerprint density at radius 1 is 1.29 bits per heavy atom. The average molecular weight is 269 g/mol. The third-order valence-corrected chi connectivity index (χ3v) is 4.76. The van der Waals surface area contributed by atoms with Gasteiger partial charge in [-0.3, -0.25) is 4.79 Å². The van der Waals surface area contributed by atoms with E-state index in [2.05, 4.69) is 31.2 Å². The molecule has 2 atom stereocenters. The van der Waals surface area contributed by atoms with Crippen molar-refractivity contribution in [1.82, 2.24) is 0 Å². The van der Waals surface area contributed by atoms with Crippen LogP contribution in [0, 0.1) is 0 Å². The summed E-state index contributed by atoms with van der Waals surface area (Å²) in [6, 6.07) is 10.4. The molecule has 0 aliphatic rings. The quantitative estimate of drug-likeness (QED) is 0.773. The monoisotopic (exact) mass is 269 g/mol. The van der Waals surface area contributed by atoms with E-state index in [0.29, 0.717) is 5.25 Å². The summed E-state index contributed by atoms with van der Waals surface area (Å²) >= 11 is 3.51. The predicted molar refractivity (Wildman–Crippen MR) is 77.5 cm³/mol. The van der Waals surface area contributed by atoms with Crippen molar-refractivity contribution in [2.45, 2.75) is 35.7 Å². The van der Waals surface area contributed by atoms with Crippen LogP contribution < -0.4 is 5.73 Å². The molecule has 0 spiro atoms. The maximum absolute atomic E-state index is 10.9. The maximum Gasteiger partial charge on any atom is 0.230 e. The van der Waals surface area contributed by atoms with Gasteiger partial charge in [-0.05, 0) is 31.2 Å². The van der Waals surface area contributed by atoms with E-state index in [0.717, 1.165) is 12.2 Å². The summed E-state index contributed by atoms with van der Waals surface area (Å²) in [5, 5.41) is 0.375. The van der Waals surface area contributed by atoms with E-state index in [4.69, 9.17) is 5.73 Å². The van der Waals surface area contributed by atoms with Crippen LogP contribution in [0.3, 0.4) is 0 Å². The number of carbonyl (C=O) groups excluding carboxylic acids is 1. The predicted octanol–water partition coefficient (Wildman–Crippen LogP) is 3.16. The second-order valence-electron chi connectivity index (χ2n) is 3.94. The highest BCUT2D eigenvalue weighted by Crippen LogP contribution is 2.24. The molecule has 1 aromatic rings. The summed E-state index contributed by atoms with van der Waals surface area (Å²) in [5.41, 5.74) is 5.24. The van der Waals surface area contributed by atoms with Gasteiger partial charge in [-0.15, -0.1) is 23.5 Å². The molecule has 0 saturated carbocycles. The molecule has 17 heavy (non-hydrogen) atoms. The number of hydrogen-bond acceptors (Lipinski definition) is 3. The molecule has 0 aromatic heterocycles. The summed E-state index contributed by atoms with van der Waals surface area (Å²) < 4.78 is 0. The van der Waals surface area contributed by atoms with Gasteiger partial charge in [-0.25, -0.2) is 0 Å². The van der Waals surface area contributed by atoms with Crippen LogP contribution in [0.1, 0.15) is 20.3 Å². The van der Waals surface area contributed by atoms with Crippen LogP contribution in [0.4, 0.5) is 0 Å². The zero-order valence-corrected chi connectivity index (χ0v) is 11.9. The summed E-state index contributed by atoms with van der Waals surface area (Å²) in [4.78, 5) is 12.2. The lowest BCUT2D eigenvalue weighted by Crippen LogP contribution is -2.24. The molecule has 0 heterocycles. The summed E-state index contributed by atoms with van der Waals surface area (Å²) in [5.74, 6) is 0.849. The minimum absolute atomic E-state index is 0.0910. The molecule has 0 radical (unpaired) electrons. The lowest BCUT2D eigenvalue weighted by molar-refractivity contribution is -0.117. The number of thioether (sulfide) groups is 2. The van der Waals surface area contributed by atoms with E-state index < -0.39 is 0 Å². The molecule has 2 N–H and O–H groups in total. The van der Waals surface area contributed by atoms with Crippen LogP contribution in [0.5, 0.6) is 0 Å². The van der Waals surface area contributed by atoms with E-state index in [1.54, 1.807) is 11.8 Å². The van der Waals surface area contributed by atoms with Crippen LogP contribution >= 0.6 is 23.5 Å². The first-order valence-electron chi connectivity index (χ1n) is 5.72. The van der Waals surface area contributed by atoms with Crippen molar-refractivity contribution in [1.29, 1.82) is 0 Å². The molecule has 1 aromatic carbocycles. The largest absolute Gasteiger partial charge is 0.369 e. The number of benzene rings is 1. The Morgan fingerprint density at radius 3 is 2.53 bits per heavy atom. The molecule has 0 aliphatic carbocycles. The van der Waals surface area contributed by atoms with Gasteiger partial charge in [0, 0.05) is 10.1 Å². The van der Waals surface area contributed by atoms with Crippen molar-refractivity contribution < 1.29 is 4.79 Å². The number of nitrogens with two attached hydrogens (primary N) is 1. The molecule has 94 valence electrons. The van der Waals surface area contributed by atoms with Gasteiger partial charge in [0.05, 0.1) is 5.25 Å². The highest BCUT2D eigenvalue weighted by molar-refractivity contribution is 8.01. The van der Waals surface area contributed by atoms with Crippen molar-refractivity contribution in [3.63, 3.8) is 0 Å². The molecule has 0 saturated heterocycles. The summed E-state index contributed by atoms with van der Waals surface area (Å²) in [7, 11) is 0. The fraction of sp³-hybridized carbons (Fsp3) is 0.462. The first kappa shape index (κ1) is 14.5. The number of primary amides is 1. The number of carbonyl (C=O) groups is 1. The minimum Gasteiger partial charge on any atom is -0.369 e. The topological polar surface area (TPSA) is 43.1 Å². The molecule has 4 heteroatoms. The van der Waals surface area contributed by atoms with Crippen molar-refractivity contribution in [2.24, 2.45) is 5.73 Å². The second-order valence-corrected chi connectivity index (χ2v) is 6.89. The van der Waals surface area contributed by atoms with Crippen LogP contribution in [0.25, 0.3) is 0 Å². The highest BCUT2D eigenvalue weighted by atomic mass is 32.2. The summed E-state index contributed by atoms with van der Waals surface area (Å²) in [6.07, 6.45) is 1.09. The van der Waals surface area contributed by atoms with E-state index in [1.807, 2.05) is 24.8 Å². The third-order valence-electron chi connectivity index (χ3n) is 2.37. The maximum atomic E-state index is 10.9. The second kappa shape index (κ2) is 7.67. The van der Waals surface area contributed by atoms with Gasteiger partial charge in [0.2, 0.25) is 5.91 Å². The number of amides is 1. The van der Waals surface area contributed by atoms with Gasteiger partial charge in [-0.1, -0.05) is 25.1 Å². The van der Waals surface area contributed by atoms with Gasteiger partial charge >= 0.3 is 0 Å². The Labute approximate surface area is 112 Å². The molecule has 0 aliphatic heterocycles. The lowest BCUT2D eigenvalue weighted by Gasteiger charge is -2.14. The molecule has 1 amide bonds. The molecule has 0 bridgehead atoms. The molecular formula is C13H19NOS2. The first-order chi connectivity index (χ1) is 8.09. The Kier molecular flexibility index (Phi) is 6.52. The van der Waals surface area contributed by atoms with E-state index >= 15 is 0 Å². The van der Waals surface area contributed by atoms with Gasteiger partial charge in [-0.2, -0.15) is 0 Å². The van der Waals surface area contributed by atoms with Gasteiger partial charge in [0.1, 0.15) is 0 Å². The van der Waals surface area contributed by atoms with Gasteiger partial charge in [0.25, 0.3) is 0 Å². The first-order valence-corrected chi connectivity index (χ1v) is 7.65. The molecule has 0 unspecified atom stereocenters. The summed E-state index contributed by atoms with van der Waals surface area (Å²) in [6.45, 7) is 4.02. The van der Waals surface area contributed by atoms with Crippen molar-refractivity contribution in [3.8, 4) is 0 Å². The molecule has 0 fully saturated rings. The van der Waals surface area contributed by atoms with Gasteiger partial charge in [0.15, 0.2) is 0 Å². The van der Waals surface area contributed by atoms with Crippen molar-refractivity contribution in [3.05, 3.63) is 30.3 Å². The van der Waals surface area contributed by atoms with Crippen LogP contribution in [0.2, 0.25) is 0 Å². The molecule has 1 rings (SSSR count). The number of rotatable bonds is 7. The Morgan fingerprint density at radius 2 is 1.94 bits per heavy atom. The van der Waals surface area contributed by atoms with Crippen LogP contribution in [-0.2, 0) is 4.79 Å². The Bertz CT molecular complexity index is 343. The molecular weight excluding hydrogens is 250 g/mol. The van der Waals surface area contributed by atoms with E-state index in [9.17, 15) is 4.79 Å². The fourth-order valence-electron chi connectivity index (χ4n) is 1.34. The lowest BCUT2D eigenvalue weighted by atomic mass is 10.4. The van der Waals surface area contributed by atoms with Crippen LogP contribution in [0.15, 0.2) is 35.2 Å². The van der Waals surface area contributed by atoms with Crippen molar-refractivity contribution in [2.75, 3.05) is 5.75 Å². The highest BCUT2D eigenvalue weighted by Gasteiger charge is 2.13. The smallest absolute Gasteiger partial charge is 0.230 e. The Balaban J connectivity index is 2.20. The Hall–Kier alpha value is -0.610. The standard InChI is InChI=1S/C13H19NOS2/c1-10(17-11(2)13(14)15)8-9-16-12-6-4-3-5-7-12/h3-7,10-11H,8-9H2,1-2H3,(H2,14,15)/t10-,11-/m0/s1. The average Bonchev–Trinajstić information content (AvgIpc) is 2.30. The van der Waals surface area contributed by atoms with E-state index in [-0.39, 0.29) is 11.2 Å². The molecule has 2 nitrogen and oxygen atoms in total. The zero-order valence-electron chi connectivity index (χ0n) is 10.3. The van der Waals surface area contributed by atoms with Crippen molar-refractivity contribution >= 4 is 29.4 Å². The van der Waals surface area contributed by atoms with Gasteiger partial charge < -0.3 is 5.73 Å². The zero-order chi connectivity index (χ0) is 12.7. The minimum atomic E-state index is -0.224.